The second-order valence-electron chi connectivity index (χ2n) is 2.61. The third kappa shape index (κ3) is 2.83. The molecule has 0 heterocycles. The summed E-state index contributed by atoms with van der Waals surface area (Å²) in [4.78, 5) is 0. The highest BCUT2D eigenvalue weighted by Crippen LogP contribution is 2.09. The standard InChI is InChI=1S/C9H16O/c1-5-6-8(4)9(10)7(2)3/h6,9-10H,2,5H2,1,3-4H3/b8-6+. The Bertz CT molecular complexity index is 145. The van der Waals surface area contributed by atoms with E-state index < -0.39 is 6.10 Å². The zero-order valence-corrected chi connectivity index (χ0v) is 7.02. The number of aliphatic hydroxyl groups excluding tert-OH is 1. The molecule has 0 saturated carbocycles. The van der Waals surface area contributed by atoms with Crippen LogP contribution < -0.4 is 0 Å². The molecule has 0 spiro atoms. The minimum absolute atomic E-state index is 0.444. The van der Waals surface area contributed by atoms with Crippen molar-refractivity contribution in [3.8, 4) is 0 Å². The molecule has 0 aromatic carbocycles. The monoisotopic (exact) mass is 140 g/mol. The maximum absolute atomic E-state index is 9.36. The largest absolute Gasteiger partial charge is 0.384 e. The van der Waals surface area contributed by atoms with Gasteiger partial charge in [0.05, 0.1) is 6.10 Å². The van der Waals surface area contributed by atoms with Crippen LogP contribution in [0.2, 0.25) is 0 Å². The first-order valence-corrected chi connectivity index (χ1v) is 3.59. The normalized spacial score (nSPS) is 15.0. The van der Waals surface area contributed by atoms with Crippen LogP contribution in [0.25, 0.3) is 0 Å². The molecule has 1 atom stereocenters. The van der Waals surface area contributed by atoms with Gasteiger partial charge in [0.2, 0.25) is 0 Å². The topological polar surface area (TPSA) is 20.2 Å². The van der Waals surface area contributed by atoms with E-state index in [9.17, 15) is 5.11 Å². The first-order valence-electron chi connectivity index (χ1n) is 3.59. The lowest BCUT2D eigenvalue weighted by atomic mass is 10.1. The van der Waals surface area contributed by atoms with Gasteiger partial charge in [0.1, 0.15) is 0 Å². The van der Waals surface area contributed by atoms with Gasteiger partial charge in [-0.1, -0.05) is 19.6 Å². The quantitative estimate of drug-likeness (QED) is 0.596. The van der Waals surface area contributed by atoms with E-state index in [4.69, 9.17) is 0 Å². The van der Waals surface area contributed by atoms with Gasteiger partial charge >= 0.3 is 0 Å². The van der Waals surface area contributed by atoms with Gasteiger partial charge in [-0.05, 0) is 31.4 Å². The van der Waals surface area contributed by atoms with Crippen LogP contribution in [-0.2, 0) is 0 Å². The van der Waals surface area contributed by atoms with Crippen molar-refractivity contribution in [1.82, 2.24) is 0 Å². The lowest BCUT2D eigenvalue weighted by molar-refractivity contribution is 0.247. The molecule has 1 N–H and O–H groups in total. The molecule has 0 bridgehead atoms. The van der Waals surface area contributed by atoms with Crippen LogP contribution in [0.1, 0.15) is 27.2 Å². The lowest BCUT2D eigenvalue weighted by Crippen LogP contribution is -2.08. The van der Waals surface area contributed by atoms with E-state index in [1.807, 2.05) is 19.9 Å². The number of allylic oxidation sites excluding steroid dienone is 1. The minimum atomic E-state index is -0.444. The Labute approximate surface area is 63.1 Å². The van der Waals surface area contributed by atoms with E-state index in [1.54, 1.807) is 0 Å². The third-order valence-electron chi connectivity index (χ3n) is 1.42. The number of aliphatic hydroxyl groups is 1. The molecule has 0 aliphatic rings. The van der Waals surface area contributed by atoms with Gasteiger partial charge in [0.25, 0.3) is 0 Å². The van der Waals surface area contributed by atoms with Crippen LogP contribution in [0, 0.1) is 0 Å². The van der Waals surface area contributed by atoms with Crippen LogP contribution >= 0.6 is 0 Å². The summed E-state index contributed by atoms with van der Waals surface area (Å²) in [5.74, 6) is 0. The van der Waals surface area contributed by atoms with E-state index in [1.165, 1.54) is 0 Å². The fourth-order valence-corrected chi connectivity index (χ4v) is 0.822. The van der Waals surface area contributed by atoms with Crippen molar-refractivity contribution in [3.05, 3.63) is 23.8 Å². The zero-order chi connectivity index (χ0) is 8.15. The van der Waals surface area contributed by atoms with Crippen LogP contribution in [-0.4, -0.2) is 11.2 Å². The van der Waals surface area contributed by atoms with Gasteiger partial charge in [0, 0.05) is 0 Å². The second kappa shape index (κ2) is 4.29. The van der Waals surface area contributed by atoms with Crippen molar-refractivity contribution in [2.24, 2.45) is 0 Å². The lowest BCUT2D eigenvalue weighted by Gasteiger charge is -2.09. The molecule has 0 aromatic rings. The Hall–Kier alpha value is -0.560. The molecule has 0 saturated heterocycles. The predicted octanol–water partition coefficient (Wildman–Crippen LogP) is 2.28. The second-order valence-corrected chi connectivity index (χ2v) is 2.61. The highest BCUT2D eigenvalue weighted by molar-refractivity contribution is 5.16. The molecule has 1 unspecified atom stereocenters. The summed E-state index contributed by atoms with van der Waals surface area (Å²) in [7, 11) is 0. The Morgan fingerprint density at radius 2 is 2.10 bits per heavy atom. The Balaban J connectivity index is 4.06. The summed E-state index contributed by atoms with van der Waals surface area (Å²) in [6, 6.07) is 0. The first-order chi connectivity index (χ1) is 4.59. The Morgan fingerprint density at radius 1 is 1.60 bits per heavy atom. The molecule has 0 aliphatic carbocycles. The minimum Gasteiger partial charge on any atom is -0.384 e. The van der Waals surface area contributed by atoms with Gasteiger partial charge < -0.3 is 5.11 Å². The van der Waals surface area contributed by atoms with Gasteiger partial charge in [-0.3, -0.25) is 0 Å². The van der Waals surface area contributed by atoms with Crippen LogP contribution in [0.5, 0.6) is 0 Å². The molecular weight excluding hydrogens is 124 g/mol. The highest BCUT2D eigenvalue weighted by atomic mass is 16.3. The maximum Gasteiger partial charge on any atom is 0.0953 e. The molecule has 1 nitrogen and oxygen atoms in total. The van der Waals surface area contributed by atoms with Crippen LogP contribution in [0.4, 0.5) is 0 Å². The van der Waals surface area contributed by atoms with Crippen LogP contribution in [0.15, 0.2) is 23.8 Å². The summed E-state index contributed by atoms with van der Waals surface area (Å²) in [6.07, 6.45) is 2.54. The smallest absolute Gasteiger partial charge is 0.0953 e. The first kappa shape index (κ1) is 9.44. The van der Waals surface area contributed by atoms with E-state index in [0.717, 1.165) is 17.6 Å². The van der Waals surface area contributed by atoms with E-state index in [-0.39, 0.29) is 0 Å². The molecule has 0 fully saturated rings. The molecule has 0 amide bonds. The molecule has 58 valence electrons. The molecular formula is C9H16O. The SMILES string of the molecule is C=C(C)C(O)/C(C)=C/CC. The van der Waals surface area contributed by atoms with E-state index in [2.05, 4.69) is 13.5 Å². The van der Waals surface area contributed by atoms with Gasteiger partial charge in [0.15, 0.2) is 0 Å². The Kier molecular flexibility index (Phi) is 4.05. The summed E-state index contributed by atoms with van der Waals surface area (Å²) in [6.45, 7) is 9.47. The molecule has 1 heteroatoms. The highest BCUT2D eigenvalue weighted by Gasteiger charge is 2.04. The van der Waals surface area contributed by atoms with Gasteiger partial charge in [-0.2, -0.15) is 0 Å². The zero-order valence-electron chi connectivity index (χ0n) is 7.02. The van der Waals surface area contributed by atoms with Crippen molar-refractivity contribution in [1.29, 1.82) is 0 Å². The number of hydrogen-bond acceptors (Lipinski definition) is 1. The number of rotatable bonds is 3. The van der Waals surface area contributed by atoms with Gasteiger partial charge in [-0.15, -0.1) is 0 Å². The summed E-state index contributed by atoms with van der Waals surface area (Å²) in [5.41, 5.74) is 1.80. The predicted molar refractivity (Wildman–Crippen MR) is 44.9 cm³/mol. The number of hydrogen-bond donors (Lipinski definition) is 1. The Morgan fingerprint density at radius 3 is 2.40 bits per heavy atom. The van der Waals surface area contributed by atoms with Crippen molar-refractivity contribution >= 4 is 0 Å². The molecule has 0 aliphatic heterocycles. The van der Waals surface area contributed by atoms with Crippen molar-refractivity contribution < 1.29 is 5.11 Å². The summed E-state index contributed by atoms with van der Waals surface area (Å²) in [5, 5.41) is 9.36. The summed E-state index contributed by atoms with van der Waals surface area (Å²) < 4.78 is 0. The van der Waals surface area contributed by atoms with Crippen molar-refractivity contribution in [3.63, 3.8) is 0 Å². The summed E-state index contributed by atoms with van der Waals surface area (Å²) >= 11 is 0. The molecule has 0 rings (SSSR count). The average molecular weight is 140 g/mol. The average Bonchev–Trinajstić information content (AvgIpc) is 1.87. The van der Waals surface area contributed by atoms with E-state index in [0.29, 0.717) is 0 Å². The van der Waals surface area contributed by atoms with Crippen LogP contribution in [0.3, 0.4) is 0 Å². The molecule has 0 radical (unpaired) electrons. The fourth-order valence-electron chi connectivity index (χ4n) is 0.822. The van der Waals surface area contributed by atoms with Crippen molar-refractivity contribution in [2.75, 3.05) is 0 Å². The maximum atomic E-state index is 9.36. The van der Waals surface area contributed by atoms with Crippen molar-refractivity contribution in [2.45, 2.75) is 33.3 Å². The third-order valence-corrected chi connectivity index (χ3v) is 1.42. The fraction of sp³-hybridized carbons (Fsp3) is 0.556. The molecule has 10 heavy (non-hydrogen) atoms. The van der Waals surface area contributed by atoms with Gasteiger partial charge in [-0.25, -0.2) is 0 Å². The van der Waals surface area contributed by atoms with E-state index >= 15 is 0 Å². The molecule has 0 aromatic heterocycles.